The number of amides is 1. The Morgan fingerprint density at radius 2 is 2.33 bits per heavy atom. The largest absolute Gasteiger partial charge is 0.382 e. The van der Waals surface area contributed by atoms with Gasteiger partial charge in [0, 0.05) is 11.4 Å². The van der Waals surface area contributed by atoms with Gasteiger partial charge in [0.25, 0.3) is 0 Å². The van der Waals surface area contributed by atoms with E-state index in [0.717, 1.165) is 28.1 Å². The molecule has 1 aliphatic rings. The van der Waals surface area contributed by atoms with Gasteiger partial charge in [0.2, 0.25) is 5.91 Å². The van der Waals surface area contributed by atoms with Crippen molar-refractivity contribution in [3.63, 3.8) is 0 Å². The molecule has 0 unspecified atom stereocenters. The van der Waals surface area contributed by atoms with E-state index >= 15 is 0 Å². The number of nitrogen functional groups attached to an aromatic ring is 1. The summed E-state index contributed by atoms with van der Waals surface area (Å²) in [5.74, 6) is 0.507. The second-order valence-electron chi connectivity index (χ2n) is 4.34. The maximum Gasteiger partial charge on any atom is 0.239 e. The molecule has 3 heterocycles. The third-order valence-corrected chi connectivity index (χ3v) is 4.21. The van der Waals surface area contributed by atoms with Crippen molar-refractivity contribution in [1.82, 2.24) is 14.9 Å². The third-order valence-electron chi connectivity index (χ3n) is 3.08. The molecule has 6 nitrogen and oxygen atoms in total. The normalized spacial score (nSPS) is 19.9. The summed E-state index contributed by atoms with van der Waals surface area (Å²) < 4.78 is 0.878. The van der Waals surface area contributed by atoms with Gasteiger partial charge in [-0.1, -0.05) is 0 Å². The maximum absolute atomic E-state index is 11.7. The monoisotopic (exact) mass is 263 g/mol. The summed E-state index contributed by atoms with van der Waals surface area (Å²) in [5.41, 5.74) is 12.3. The van der Waals surface area contributed by atoms with Crippen molar-refractivity contribution in [2.45, 2.75) is 19.0 Å². The van der Waals surface area contributed by atoms with Gasteiger partial charge in [-0.25, -0.2) is 9.97 Å². The molecule has 7 heteroatoms. The Balaban J connectivity index is 1.87. The quantitative estimate of drug-likeness (QED) is 0.813. The molecule has 94 valence electrons. The van der Waals surface area contributed by atoms with Crippen LogP contribution in [0, 0.1) is 0 Å². The first-order chi connectivity index (χ1) is 8.65. The number of carbonyl (C=O) groups excluding carboxylic acids is 1. The Morgan fingerprint density at radius 3 is 3.00 bits per heavy atom. The number of likely N-dealkylation sites (tertiary alicyclic amines) is 1. The summed E-state index contributed by atoms with van der Waals surface area (Å²) in [7, 11) is 0. The van der Waals surface area contributed by atoms with Gasteiger partial charge in [0.05, 0.1) is 22.8 Å². The van der Waals surface area contributed by atoms with Crippen molar-refractivity contribution in [3.05, 3.63) is 17.3 Å². The lowest BCUT2D eigenvalue weighted by Crippen LogP contribution is -2.33. The number of carbonyl (C=O) groups is 1. The van der Waals surface area contributed by atoms with Crippen molar-refractivity contribution in [2.24, 2.45) is 5.73 Å². The molecule has 0 radical (unpaired) electrons. The minimum absolute atomic E-state index is 0.0199. The van der Waals surface area contributed by atoms with E-state index in [4.69, 9.17) is 11.5 Å². The van der Waals surface area contributed by atoms with E-state index in [2.05, 4.69) is 9.97 Å². The van der Waals surface area contributed by atoms with Crippen LogP contribution >= 0.6 is 11.3 Å². The van der Waals surface area contributed by atoms with Gasteiger partial charge in [0.1, 0.15) is 12.1 Å². The summed E-state index contributed by atoms with van der Waals surface area (Å²) in [6.07, 6.45) is 2.18. The molecule has 1 atom stereocenters. The molecule has 2 aromatic rings. The standard InChI is InChI=1S/C11H13N5OS/c12-7-1-2-16(11(7)17)4-6-3-8-9(18-6)10(13)15-5-14-8/h3,5,7H,1-2,4,12H2,(H2,13,14,15)/t7-/m0/s1. The molecule has 0 aliphatic carbocycles. The number of nitrogens with zero attached hydrogens (tertiary/aromatic N) is 3. The van der Waals surface area contributed by atoms with Crippen LogP contribution in [0.25, 0.3) is 10.2 Å². The van der Waals surface area contributed by atoms with Gasteiger partial charge >= 0.3 is 0 Å². The molecule has 1 amide bonds. The predicted molar refractivity (Wildman–Crippen MR) is 69.8 cm³/mol. The second-order valence-corrected chi connectivity index (χ2v) is 5.48. The van der Waals surface area contributed by atoms with Crippen LogP contribution in [-0.4, -0.2) is 33.4 Å². The molecule has 4 N–H and O–H groups in total. The fraction of sp³-hybridized carbons (Fsp3) is 0.364. The molecule has 2 aromatic heterocycles. The van der Waals surface area contributed by atoms with Gasteiger partial charge in [0.15, 0.2) is 0 Å². The van der Waals surface area contributed by atoms with Crippen LogP contribution in [0.4, 0.5) is 5.82 Å². The van der Waals surface area contributed by atoms with Crippen LogP contribution in [0.3, 0.4) is 0 Å². The van der Waals surface area contributed by atoms with Crippen LogP contribution in [0.15, 0.2) is 12.4 Å². The molecule has 3 rings (SSSR count). The Morgan fingerprint density at radius 1 is 1.50 bits per heavy atom. The highest BCUT2D eigenvalue weighted by Gasteiger charge is 2.28. The summed E-state index contributed by atoms with van der Waals surface area (Å²) in [6, 6.07) is 1.61. The maximum atomic E-state index is 11.7. The van der Waals surface area contributed by atoms with Gasteiger partial charge in [-0.15, -0.1) is 11.3 Å². The number of thiophene rings is 1. The first-order valence-corrected chi connectivity index (χ1v) is 6.50. The van der Waals surface area contributed by atoms with Crippen molar-refractivity contribution in [1.29, 1.82) is 0 Å². The predicted octanol–water partition coefficient (Wildman–Crippen LogP) is 0.333. The fourth-order valence-electron chi connectivity index (χ4n) is 2.11. The highest BCUT2D eigenvalue weighted by molar-refractivity contribution is 7.19. The third kappa shape index (κ3) is 1.81. The molecule has 1 fully saturated rings. The number of nitrogens with two attached hydrogens (primary N) is 2. The smallest absolute Gasteiger partial charge is 0.239 e. The molecule has 1 saturated heterocycles. The summed E-state index contributed by atoms with van der Waals surface area (Å²) in [6.45, 7) is 1.29. The highest BCUT2D eigenvalue weighted by atomic mass is 32.1. The number of anilines is 1. The van der Waals surface area contributed by atoms with Crippen LogP contribution in [0.1, 0.15) is 11.3 Å². The Kier molecular flexibility index (Phi) is 2.64. The Bertz CT molecular complexity index is 610. The van der Waals surface area contributed by atoms with E-state index in [0.29, 0.717) is 12.4 Å². The zero-order chi connectivity index (χ0) is 12.7. The summed E-state index contributed by atoms with van der Waals surface area (Å²) in [5, 5.41) is 0. The average Bonchev–Trinajstić information content (AvgIpc) is 2.89. The molecule has 0 saturated carbocycles. The number of hydrogen-bond acceptors (Lipinski definition) is 6. The van der Waals surface area contributed by atoms with Crippen LogP contribution in [-0.2, 0) is 11.3 Å². The minimum Gasteiger partial charge on any atom is -0.382 e. The van der Waals surface area contributed by atoms with Gasteiger partial charge in [-0.05, 0) is 12.5 Å². The highest BCUT2D eigenvalue weighted by Crippen LogP contribution is 2.29. The van der Waals surface area contributed by atoms with E-state index in [-0.39, 0.29) is 11.9 Å². The second kappa shape index (κ2) is 4.18. The summed E-state index contributed by atoms with van der Waals surface area (Å²) in [4.78, 5) is 22.7. The molecular formula is C11H13N5OS. The number of hydrogen-bond donors (Lipinski definition) is 2. The topological polar surface area (TPSA) is 98.1 Å². The van der Waals surface area contributed by atoms with Gasteiger partial charge in [-0.2, -0.15) is 0 Å². The Hall–Kier alpha value is -1.73. The fourth-order valence-corrected chi connectivity index (χ4v) is 3.13. The average molecular weight is 263 g/mol. The Labute approximate surface area is 108 Å². The van der Waals surface area contributed by atoms with Crippen LogP contribution in [0.2, 0.25) is 0 Å². The molecule has 0 spiro atoms. The first kappa shape index (κ1) is 11.4. The van der Waals surface area contributed by atoms with E-state index in [9.17, 15) is 4.79 Å². The van der Waals surface area contributed by atoms with Crippen molar-refractivity contribution < 1.29 is 4.79 Å². The molecule has 0 aromatic carbocycles. The zero-order valence-electron chi connectivity index (χ0n) is 9.67. The summed E-state index contributed by atoms with van der Waals surface area (Å²) >= 11 is 1.53. The molecule has 18 heavy (non-hydrogen) atoms. The van der Waals surface area contributed by atoms with Crippen molar-refractivity contribution in [3.8, 4) is 0 Å². The molecular weight excluding hydrogens is 250 g/mol. The van der Waals surface area contributed by atoms with Crippen molar-refractivity contribution >= 4 is 33.3 Å². The van der Waals surface area contributed by atoms with Crippen molar-refractivity contribution in [2.75, 3.05) is 12.3 Å². The van der Waals surface area contributed by atoms with Crippen LogP contribution in [0.5, 0.6) is 0 Å². The molecule has 1 aliphatic heterocycles. The number of fused-ring (bicyclic) bond motifs is 1. The first-order valence-electron chi connectivity index (χ1n) is 5.68. The van der Waals surface area contributed by atoms with E-state index in [1.54, 1.807) is 4.90 Å². The van der Waals surface area contributed by atoms with E-state index < -0.39 is 0 Å². The number of aromatic nitrogens is 2. The lowest BCUT2D eigenvalue weighted by Gasteiger charge is -2.14. The number of rotatable bonds is 2. The van der Waals surface area contributed by atoms with Gasteiger partial charge < -0.3 is 16.4 Å². The minimum atomic E-state index is -0.343. The van der Waals surface area contributed by atoms with Gasteiger partial charge in [-0.3, -0.25) is 4.79 Å². The van der Waals surface area contributed by atoms with Crippen LogP contribution < -0.4 is 11.5 Å². The molecule has 0 bridgehead atoms. The SMILES string of the molecule is Nc1ncnc2cc(CN3CC[C@H](N)C3=O)sc12. The lowest BCUT2D eigenvalue weighted by atomic mass is 10.3. The zero-order valence-corrected chi connectivity index (χ0v) is 10.5. The van der Waals surface area contributed by atoms with E-state index in [1.807, 2.05) is 6.07 Å². The van der Waals surface area contributed by atoms with E-state index in [1.165, 1.54) is 17.7 Å². The lowest BCUT2D eigenvalue weighted by molar-refractivity contribution is -0.129.